The third-order valence-electron chi connectivity index (χ3n) is 3.10. The van der Waals surface area contributed by atoms with Crippen LogP contribution in [-0.4, -0.2) is 11.3 Å². The predicted octanol–water partition coefficient (Wildman–Crippen LogP) is 2.62. The molecule has 1 aromatic rings. The lowest BCUT2D eigenvalue weighted by Gasteiger charge is -2.33. The van der Waals surface area contributed by atoms with Crippen LogP contribution in [0.15, 0.2) is 12.1 Å². The van der Waals surface area contributed by atoms with Crippen molar-refractivity contribution in [1.29, 1.82) is 0 Å². The molecular weight excluding hydrogens is 186 g/mol. The fourth-order valence-corrected chi connectivity index (χ4v) is 2.13. The molecule has 15 heavy (non-hydrogen) atoms. The summed E-state index contributed by atoms with van der Waals surface area (Å²) in [5.74, 6) is 0.266. The molecule has 1 aliphatic rings. The lowest BCUT2D eigenvalue weighted by Crippen LogP contribution is -2.44. The van der Waals surface area contributed by atoms with Crippen LogP contribution in [0.3, 0.4) is 0 Å². The number of fused-ring (bicyclic) bond motifs is 1. The quantitative estimate of drug-likeness (QED) is 0.702. The third-order valence-corrected chi connectivity index (χ3v) is 3.10. The number of rotatable bonds is 0. The fourth-order valence-electron chi connectivity index (χ4n) is 2.13. The number of hydrogen-bond donors (Lipinski definition) is 1. The van der Waals surface area contributed by atoms with Gasteiger partial charge >= 0.3 is 0 Å². The lowest BCUT2D eigenvalue weighted by atomic mass is 9.85. The summed E-state index contributed by atoms with van der Waals surface area (Å²) in [4.78, 5) is 11.9. The zero-order valence-electron chi connectivity index (χ0n) is 9.77. The third kappa shape index (κ3) is 1.65. The van der Waals surface area contributed by atoms with Gasteiger partial charge in [0.15, 0.2) is 5.78 Å². The molecule has 1 aliphatic heterocycles. The predicted molar refractivity (Wildman–Crippen MR) is 62.3 cm³/mol. The number of hydrogen-bond acceptors (Lipinski definition) is 2. The van der Waals surface area contributed by atoms with Gasteiger partial charge in [-0.1, -0.05) is 6.07 Å². The summed E-state index contributed by atoms with van der Waals surface area (Å²) in [5.41, 5.74) is 4.31. The Balaban J connectivity index is 2.55. The molecule has 1 heterocycles. The largest absolute Gasteiger partial charge is 0.373 e. The zero-order valence-corrected chi connectivity index (χ0v) is 9.77. The van der Waals surface area contributed by atoms with Crippen molar-refractivity contribution < 1.29 is 4.79 Å². The number of anilines is 1. The van der Waals surface area contributed by atoms with E-state index in [4.69, 9.17) is 0 Å². The Morgan fingerprint density at radius 3 is 2.60 bits per heavy atom. The van der Waals surface area contributed by atoms with Crippen molar-refractivity contribution in [3.63, 3.8) is 0 Å². The van der Waals surface area contributed by atoms with Gasteiger partial charge in [-0.05, 0) is 50.5 Å². The van der Waals surface area contributed by atoms with E-state index in [1.807, 2.05) is 13.8 Å². The molecule has 0 radical (unpaired) electrons. The monoisotopic (exact) mass is 203 g/mol. The first-order valence-corrected chi connectivity index (χ1v) is 5.32. The van der Waals surface area contributed by atoms with Gasteiger partial charge in [-0.2, -0.15) is 0 Å². The van der Waals surface area contributed by atoms with Crippen LogP contribution in [-0.2, 0) is 11.2 Å². The van der Waals surface area contributed by atoms with E-state index in [0.29, 0.717) is 6.42 Å². The molecular formula is C13H17NO. The van der Waals surface area contributed by atoms with Crippen molar-refractivity contribution in [2.45, 2.75) is 39.7 Å². The molecule has 2 heteroatoms. The topological polar surface area (TPSA) is 29.1 Å². The van der Waals surface area contributed by atoms with Crippen LogP contribution in [0.2, 0.25) is 0 Å². The summed E-state index contributed by atoms with van der Waals surface area (Å²) in [6, 6.07) is 4.25. The molecule has 0 fully saturated rings. The maximum atomic E-state index is 11.9. The Bertz CT molecular complexity index is 432. The number of carbonyl (C=O) groups is 1. The summed E-state index contributed by atoms with van der Waals surface area (Å²) in [7, 11) is 0. The van der Waals surface area contributed by atoms with Gasteiger partial charge in [-0.3, -0.25) is 4.79 Å². The normalized spacial score (nSPS) is 18.3. The molecule has 2 rings (SSSR count). The van der Waals surface area contributed by atoms with E-state index in [-0.39, 0.29) is 5.78 Å². The van der Waals surface area contributed by atoms with Gasteiger partial charge < -0.3 is 5.32 Å². The van der Waals surface area contributed by atoms with Gasteiger partial charge in [0.25, 0.3) is 0 Å². The Morgan fingerprint density at radius 1 is 1.27 bits per heavy atom. The van der Waals surface area contributed by atoms with E-state index >= 15 is 0 Å². The molecule has 0 atom stereocenters. The summed E-state index contributed by atoms with van der Waals surface area (Å²) in [6.07, 6.45) is 0.557. The summed E-state index contributed by atoms with van der Waals surface area (Å²) in [6.45, 7) is 8.03. The van der Waals surface area contributed by atoms with Crippen molar-refractivity contribution in [2.24, 2.45) is 0 Å². The number of Topliss-reactive ketones (excluding diaryl/α,β-unsaturated/α-hetero) is 1. The molecule has 0 saturated carbocycles. The van der Waals surface area contributed by atoms with Gasteiger partial charge in [0.2, 0.25) is 0 Å². The zero-order chi connectivity index (χ0) is 11.2. The molecule has 0 aromatic heterocycles. The van der Waals surface area contributed by atoms with E-state index in [9.17, 15) is 4.79 Å². The van der Waals surface area contributed by atoms with E-state index in [1.54, 1.807) is 0 Å². The van der Waals surface area contributed by atoms with Gasteiger partial charge in [0, 0.05) is 12.1 Å². The number of carbonyl (C=O) groups excluding carboxylic acids is 1. The summed E-state index contributed by atoms with van der Waals surface area (Å²) < 4.78 is 0. The van der Waals surface area contributed by atoms with Crippen LogP contribution in [0.1, 0.15) is 30.5 Å². The van der Waals surface area contributed by atoms with Crippen LogP contribution in [0.4, 0.5) is 5.69 Å². The van der Waals surface area contributed by atoms with Crippen LogP contribution in [0, 0.1) is 13.8 Å². The van der Waals surface area contributed by atoms with Crippen LogP contribution in [0.5, 0.6) is 0 Å². The minimum Gasteiger partial charge on any atom is -0.373 e. The standard InChI is InChI=1S/C13H17NO/c1-8-5-9(2)10-7-12(15)13(3,4)14-11(10)6-8/h5-6,14H,7H2,1-4H3. The SMILES string of the molecule is Cc1cc(C)c2c(c1)NC(C)(C)C(=O)C2. The lowest BCUT2D eigenvalue weighted by molar-refractivity contribution is -0.122. The molecule has 0 amide bonds. The first-order valence-electron chi connectivity index (χ1n) is 5.32. The molecule has 2 nitrogen and oxygen atoms in total. The number of aryl methyl sites for hydroxylation is 2. The summed E-state index contributed by atoms with van der Waals surface area (Å²) >= 11 is 0. The molecule has 0 spiro atoms. The van der Waals surface area contributed by atoms with Crippen molar-refractivity contribution >= 4 is 11.5 Å². The molecule has 0 unspecified atom stereocenters. The minimum absolute atomic E-state index is 0.266. The maximum Gasteiger partial charge on any atom is 0.162 e. The number of nitrogens with one attached hydrogen (secondary N) is 1. The fraction of sp³-hybridized carbons (Fsp3) is 0.462. The second kappa shape index (κ2) is 3.09. The van der Waals surface area contributed by atoms with Crippen LogP contribution >= 0.6 is 0 Å². The van der Waals surface area contributed by atoms with E-state index in [0.717, 1.165) is 11.3 Å². The Hall–Kier alpha value is -1.31. The molecule has 0 bridgehead atoms. The van der Waals surface area contributed by atoms with Crippen molar-refractivity contribution in [3.8, 4) is 0 Å². The van der Waals surface area contributed by atoms with Gasteiger partial charge in [-0.15, -0.1) is 0 Å². The highest BCUT2D eigenvalue weighted by Crippen LogP contribution is 2.31. The Morgan fingerprint density at radius 2 is 1.93 bits per heavy atom. The first kappa shape index (κ1) is 10.2. The average molecular weight is 203 g/mol. The molecule has 1 aromatic carbocycles. The van der Waals surface area contributed by atoms with Crippen LogP contribution < -0.4 is 5.32 Å². The molecule has 1 N–H and O–H groups in total. The van der Waals surface area contributed by atoms with Gasteiger partial charge in [0.05, 0.1) is 5.54 Å². The van der Waals surface area contributed by atoms with Crippen molar-refractivity contribution in [1.82, 2.24) is 0 Å². The highest BCUT2D eigenvalue weighted by molar-refractivity contribution is 5.96. The smallest absolute Gasteiger partial charge is 0.162 e. The molecule has 0 aliphatic carbocycles. The highest BCUT2D eigenvalue weighted by Gasteiger charge is 2.33. The number of ketones is 1. The second-order valence-electron chi connectivity index (χ2n) is 4.96. The van der Waals surface area contributed by atoms with E-state index in [1.165, 1.54) is 11.1 Å². The molecule has 80 valence electrons. The Kier molecular flexibility index (Phi) is 2.10. The molecule has 0 saturated heterocycles. The highest BCUT2D eigenvalue weighted by atomic mass is 16.1. The van der Waals surface area contributed by atoms with E-state index in [2.05, 4.69) is 31.3 Å². The minimum atomic E-state index is -0.423. The van der Waals surface area contributed by atoms with Gasteiger partial charge in [-0.25, -0.2) is 0 Å². The summed E-state index contributed by atoms with van der Waals surface area (Å²) in [5, 5.41) is 3.32. The van der Waals surface area contributed by atoms with Gasteiger partial charge in [0.1, 0.15) is 0 Å². The van der Waals surface area contributed by atoms with Crippen LogP contribution in [0.25, 0.3) is 0 Å². The van der Waals surface area contributed by atoms with Crippen molar-refractivity contribution in [2.75, 3.05) is 5.32 Å². The maximum absolute atomic E-state index is 11.9. The Labute approximate surface area is 90.7 Å². The number of benzene rings is 1. The first-order chi connectivity index (χ1) is 6.90. The second-order valence-corrected chi connectivity index (χ2v) is 4.96. The van der Waals surface area contributed by atoms with E-state index < -0.39 is 5.54 Å². The van der Waals surface area contributed by atoms with Crippen molar-refractivity contribution in [3.05, 3.63) is 28.8 Å². The average Bonchev–Trinajstić information content (AvgIpc) is 2.08.